The van der Waals surface area contributed by atoms with E-state index in [9.17, 15) is 17.4 Å². The summed E-state index contributed by atoms with van der Waals surface area (Å²) in [6, 6.07) is 9.68. The monoisotopic (exact) mass is 500 g/mol. The average molecular weight is 501 g/mol. The predicted molar refractivity (Wildman–Crippen MR) is 134 cm³/mol. The van der Waals surface area contributed by atoms with Crippen LogP contribution in [0.15, 0.2) is 36.4 Å². The van der Waals surface area contributed by atoms with Gasteiger partial charge in [-0.05, 0) is 41.8 Å². The second-order valence-electron chi connectivity index (χ2n) is 10.6. The molecule has 35 heavy (non-hydrogen) atoms. The zero-order chi connectivity index (χ0) is 25.8. The number of rotatable bonds is 6. The summed E-state index contributed by atoms with van der Waals surface area (Å²) in [7, 11) is -4.19. The van der Waals surface area contributed by atoms with Crippen molar-refractivity contribution in [1.82, 2.24) is 24.5 Å². The molecule has 0 saturated carbocycles. The van der Waals surface area contributed by atoms with Crippen molar-refractivity contribution in [3.63, 3.8) is 0 Å². The lowest BCUT2D eigenvalue weighted by molar-refractivity contribution is 0.339. The molecule has 3 heterocycles. The van der Waals surface area contributed by atoms with Crippen molar-refractivity contribution in [2.45, 2.75) is 46.6 Å². The van der Waals surface area contributed by atoms with Crippen molar-refractivity contribution in [2.24, 2.45) is 5.41 Å². The van der Waals surface area contributed by atoms with Crippen LogP contribution in [0, 0.1) is 11.2 Å². The molecule has 0 amide bonds. The van der Waals surface area contributed by atoms with Crippen molar-refractivity contribution < 1.29 is 17.4 Å². The SMILES string of the molecule is CC(C)(Cn1c(N)nc2ccc(-c3[nH]c(C(C)(C)C)nc3-c3ccc(F)cc3)nc21)CS(=O)(=O)O. The highest BCUT2D eigenvalue weighted by Crippen LogP contribution is 2.34. The summed E-state index contributed by atoms with van der Waals surface area (Å²) in [4.78, 5) is 17.4. The Kier molecular flexibility index (Phi) is 5.97. The quantitative estimate of drug-likeness (QED) is 0.333. The van der Waals surface area contributed by atoms with Gasteiger partial charge in [0, 0.05) is 17.5 Å². The van der Waals surface area contributed by atoms with Gasteiger partial charge in [-0.2, -0.15) is 8.42 Å². The maximum atomic E-state index is 13.6. The molecule has 0 aliphatic carbocycles. The molecule has 0 bridgehead atoms. The van der Waals surface area contributed by atoms with Crippen LogP contribution < -0.4 is 5.73 Å². The third kappa shape index (κ3) is 5.35. The van der Waals surface area contributed by atoms with Crippen LogP contribution in [-0.4, -0.2) is 43.2 Å². The number of aromatic nitrogens is 5. The Morgan fingerprint density at radius 2 is 1.69 bits per heavy atom. The molecular formula is C24H29FN6O3S. The van der Waals surface area contributed by atoms with E-state index in [1.807, 2.05) is 20.8 Å². The number of nitrogens with zero attached hydrogens (tertiary/aromatic N) is 4. The van der Waals surface area contributed by atoms with E-state index in [-0.39, 0.29) is 23.7 Å². The Bertz CT molecular complexity index is 1500. The lowest BCUT2D eigenvalue weighted by Crippen LogP contribution is -2.29. The van der Waals surface area contributed by atoms with Gasteiger partial charge in [-0.3, -0.25) is 9.12 Å². The first-order valence-corrected chi connectivity index (χ1v) is 12.7. The summed E-state index contributed by atoms with van der Waals surface area (Å²) in [6.45, 7) is 9.71. The standard InChI is InChI=1S/C24H29FN6O3S/c1-23(2,3)21-29-18(14-6-8-15(25)9-7-14)19(30-21)16-10-11-17-20(27-16)31(22(26)28-17)12-24(4,5)13-35(32,33)34/h6-11H,12-13H2,1-5H3,(H2,26,28)(H,29,30)(H,32,33,34). The highest BCUT2D eigenvalue weighted by atomic mass is 32.2. The summed E-state index contributed by atoms with van der Waals surface area (Å²) in [6.07, 6.45) is 0. The van der Waals surface area contributed by atoms with Crippen LogP contribution in [0.2, 0.25) is 0 Å². The second kappa shape index (κ2) is 8.42. The highest BCUT2D eigenvalue weighted by Gasteiger charge is 2.28. The van der Waals surface area contributed by atoms with Crippen molar-refractivity contribution in [3.05, 3.63) is 48.0 Å². The Labute approximate surface area is 203 Å². The molecule has 1 aromatic carbocycles. The number of aromatic amines is 1. The van der Waals surface area contributed by atoms with E-state index in [0.717, 1.165) is 11.4 Å². The van der Waals surface area contributed by atoms with Crippen molar-refractivity contribution >= 4 is 27.2 Å². The molecule has 0 unspecified atom stereocenters. The highest BCUT2D eigenvalue weighted by molar-refractivity contribution is 7.85. The average Bonchev–Trinajstić information content (AvgIpc) is 3.28. The fourth-order valence-corrected chi connectivity index (χ4v) is 5.09. The zero-order valence-electron chi connectivity index (χ0n) is 20.3. The minimum atomic E-state index is -4.19. The van der Waals surface area contributed by atoms with Gasteiger partial charge in [0.05, 0.1) is 22.8 Å². The van der Waals surface area contributed by atoms with Gasteiger partial charge in [-0.15, -0.1) is 0 Å². The predicted octanol–water partition coefficient (Wildman–Crippen LogP) is 4.42. The van der Waals surface area contributed by atoms with Crippen molar-refractivity contribution in [2.75, 3.05) is 11.5 Å². The van der Waals surface area contributed by atoms with Gasteiger partial charge < -0.3 is 10.7 Å². The Morgan fingerprint density at radius 3 is 2.29 bits per heavy atom. The number of benzene rings is 1. The minimum absolute atomic E-state index is 0.173. The molecule has 0 fully saturated rings. The number of nitrogen functional groups attached to an aromatic ring is 1. The molecule has 0 spiro atoms. The summed E-state index contributed by atoms with van der Waals surface area (Å²) in [5, 5.41) is 0. The molecule has 4 N–H and O–H groups in total. The second-order valence-corrected chi connectivity index (χ2v) is 12.0. The fourth-order valence-electron chi connectivity index (χ4n) is 4.01. The van der Waals surface area contributed by atoms with E-state index in [4.69, 9.17) is 15.7 Å². The minimum Gasteiger partial charge on any atom is -0.369 e. The molecule has 9 nitrogen and oxygen atoms in total. The molecule has 4 aromatic rings. The summed E-state index contributed by atoms with van der Waals surface area (Å²) >= 11 is 0. The molecule has 0 saturated heterocycles. The lowest BCUT2D eigenvalue weighted by Gasteiger charge is -2.24. The Morgan fingerprint density at radius 1 is 1.03 bits per heavy atom. The van der Waals surface area contributed by atoms with E-state index in [1.165, 1.54) is 12.1 Å². The molecule has 11 heteroatoms. The van der Waals surface area contributed by atoms with Gasteiger partial charge in [0.1, 0.15) is 17.2 Å². The fraction of sp³-hybridized carbons (Fsp3) is 0.375. The third-order valence-corrected chi connectivity index (χ3v) is 6.72. The molecule has 0 aliphatic heterocycles. The van der Waals surface area contributed by atoms with E-state index in [2.05, 4.69) is 9.97 Å². The third-order valence-electron chi connectivity index (χ3n) is 5.57. The van der Waals surface area contributed by atoms with Crippen LogP contribution in [0.4, 0.5) is 10.3 Å². The zero-order valence-corrected chi connectivity index (χ0v) is 21.1. The van der Waals surface area contributed by atoms with E-state index in [0.29, 0.717) is 28.2 Å². The van der Waals surface area contributed by atoms with Gasteiger partial charge in [0.15, 0.2) is 5.65 Å². The van der Waals surface area contributed by atoms with Crippen LogP contribution in [0.5, 0.6) is 0 Å². The molecule has 3 aromatic heterocycles. The van der Waals surface area contributed by atoms with Crippen LogP contribution in [0.25, 0.3) is 33.8 Å². The van der Waals surface area contributed by atoms with Crippen LogP contribution in [0.3, 0.4) is 0 Å². The Hall–Kier alpha value is -3.31. The number of nitrogens with one attached hydrogen (secondary N) is 1. The molecular weight excluding hydrogens is 471 g/mol. The molecule has 186 valence electrons. The number of halogens is 1. The maximum absolute atomic E-state index is 13.6. The first-order valence-electron chi connectivity index (χ1n) is 11.1. The largest absolute Gasteiger partial charge is 0.369 e. The van der Waals surface area contributed by atoms with Gasteiger partial charge in [-0.1, -0.05) is 34.6 Å². The number of nitrogens with two attached hydrogens (primary N) is 1. The van der Waals surface area contributed by atoms with Crippen molar-refractivity contribution in [1.29, 1.82) is 0 Å². The van der Waals surface area contributed by atoms with Gasteiger partial charge in [0.25, 0.3) is 10.1 Å². The van der Waals surface area contributed by atoms with Gasteiger partial charge >= 0.3 is 0 Å². The number of H-pyrrole nitrogens is 1. The van der Waals surface area contributed by atoms with Crippen molar-refractivity contribution in [3.8, 4) is 22.6 Å². The number of fused-ring (bicyclic) bond motifs is 1. The number of imidazole rings is 2. The van der Waals surface area contributed by atoms with Gasteiger partial charge in [-0.25, -0.2) is 19.3 Å². The van der Waals surface area contributed by atoms with Gasteiger partial charge in [0.2, 0.25) is 5.95 Å². The number of hydrogen-bond acceptors (Lipinski definition) is 6. The molecule has 0 atom stereocenters. The van der Waals surface area contributed by atoms with Crippen LogP contribution in [-0.2, 0) is 22.1 Å². The number of pyridine rings is 1. The molecule has 0 aliphatic rings. The van der Waals surface area contributed by atoms with Crippen LogP contribution >= 0.6 is 0 Å². The lowest BCUT2D eigenvalue weighted by atomic mass is 9.96. The molecule has 0 radical (unpaired) electrons. The van der Waals surface area contributed by atoms with E-state index in [1.54, 1.807) is 42.7 Å². The summed E-state index contributed by atoms with van der Waals surface area (Å²) in [5.74, 6) is 0.152. The smallest absolute Gasteiger partial charge is 0.265 e. The first kappa shape index (κ1) is 24.8. The van der Waals surface area contributed by atoms with E-state index >= 15 is 0 Å². The Balaban J connectivity index is 1.86. The van der Waals surface area contributed by atoms with Crippen LogP contribution in [0.1, 0.15) is 40.4 Å². The topological polar surface area (TPSA) is 140 Å². The normalized spacial score (nSPS) is 13.0. The number of anilines is 1. The maximum Gasteiger partial charge on any atom is 0.265 e. The summed E-state index contributed by atoms with van der Waals surface area (Å²) in [5.41, 5.74) is 8.67. The van der Waals surface area contributed by atoms with E-state index < -0.39 is 21.3 Å². The number of hydrogen-bond donors (Lipinski definition) is 3. The first-order chi connectivity index (χ1) is 16.1. The summed E-state index contributed by atoms with van der Waals surface area (Å²) < 4.78 is 47.5. The molecule has 4 rings (SSSR count).